The van der Waals surface area contributed by atoms with E-state index in [1.165, 1.54) is 17.0 Å². The van der Waals surface area contributed by atoms with Gasteiger partial charge in [0.2, 0.25) is 5.91 Å². The maximum atomic E-state index is 13.3. The van der Waals surface area contributed by atoms with E-state index in [0.717, 1.165) is 21.6 Å². The van der Waals surface area contributed by atoms with Gasteiger partial charge in [-0.2, -0.15) is 0 Å². The highest BCUT2D eigenvalue weighted by Gasteiger charge is 2.24. The van der Waals surface area contributed by atoms with Gasteiger partial charge in [0.05, 0.1) is 6.54 Å². The molecule has 0 saturated carbocycles. The summed E-state index contributed by atoms with van der Waals surface area (Å²) >= 11 is 1.57. The van der Waals surface area contributed by atoms with Crippen molar-refractivity contribution in [1.29, 1.82) is 0 Å². The molecule has 0 fully saturated rings. The van der Waals surface area contributed by atoms with E-state index < -0.39 is 0 Å². The summed E-state index contributed by atoms with van der Waals surface area (Å²) in [6, 6.07) is 15.3. The summed E-state index contributed by atoms with van der Waals surface area (Å²) in [5.41, 5.74) is 3.76. The first-order valence-electron chi connectivity index (χ1n) is 10.9. The first-order chi connectivity index (χ1) is 15.7. The molecule has 7 heteroatoms. The lowest BCUT2D eigenvalue weighted by Gasteiger charge is -2.30. The first kappa shape index (κ1) is 24.5. The number of aryl methyl sites for hydroxylation is 2. The molecule has 5 nitrogen and oxygen atoms in total. The van der Waals surface area contributed by atoms with Gasteiger partial charge in [-0.05, 0) is 80.1 Å². The number of benzene rings is 2. The molecule has 0 bridgehead atoms. The normalized spacial score (nSPS) is 10.8. The molecule has 2 aromatic carbocycles. The second-order valence-electron chi connectivity index (χ2n) is 8.41. The van der Waals surface area contributed by atoms with Gasteiger partial charge in [-0.15, -0.1) is 11.3 Å². The van der Waals surface area contributed by atoms with Gasteiger partial charge in [0.1, 0.15) is 12.4 Å². The summed E-state index contributed by atoms with van der Waals surface area (Å²) in [7, 11) is 0. The van der Waals surface area contributed by atoms with Gasteiger partial charge in [-0.25, -0.2) is 9.18 Å². The topological polar surface area (TPSA) is 52.7 Å². The number of nitrogens with one attached hydrogen (secondary N) is 1. The number of anilines is 1. The maximum absolute atomic E-state index is 13.3. The lowest BCUT2D eigenvalue weighted by atomic mass is 10.1. The fourth-order valence-corrected chi connectivity index (χ4v) is 4.10. The minimum Gasteiger partial charge on any atom is -0.332 e. The van der Waals surface area contributed by atoms with Crippen LogP contribution in [0.3, 0.4) is 0 Å². The van der Waals surface area contributed by atoms with E-state index in [4.69, 9.17) is 0 Å². The Morgan fingerprint density at radius 2 is 1.73 bits per heavy atom. The zero-order valence-electron chi connectivity index (χ0n) is 19.5. The van der Waals surface area contributed by atoms with E-state index in [9.17, 15) is 14.0 Å². The highest BCUT2D eigenvalue weighted by Crippen LogP contribution is 2.18. The van der Waals surface area contributed by atoms with Crippen molar-refractivity contribution in [2.45, 2.75) is 46.8 Å². The van der Waals surface area contributed by atoms with Gasteiger partial charge in [-0.1, -0.05) is 24.3 Å². The number of halogens is 1. The summed E-state index contributed by atoms with van der Waals surface area (Å²) in [4.78, 5) is 30.7. The van der Waals surface area contributed by atoms with Crippen LogP contribution in [0.1, 0.15) is 35.4 Å². The Morgan fingerprint density at radius 1 is 1.00 bits per heavy atom. The van der Waals surface area contributed by atoms with Crippen LogP contribution >= 0.6 is 11.3 Å². The molecule has 0 unspecified atom stereocenters. The Morgan fingerprint density at radius 3 is 2.33 bits per heavy atom. The van der Waals surface area contributed by atoms with Crippen molar-refractivity contribution in [1.82, 2.24) is 9.80 Å². The summed E-state index contributed by atoms with van der Waals surface area (Å²) in [5.74, 6) is -0.486. The monoisotopic (exact) mass is 467 g/mol. The molecule has 1 aromatic heterocycles. The number of carbonyl (C=O) groups is 2. The zero-order chi connectivity index (χ0) is 24.0. The maximum Gasteiger partial charge on any atom is 0.322 e. The Balaban J connectivity index is 1.75. The van der Waals surface area contributed by atoms with E-state index in [1.807, 2.05) is 63.4 Å². The van der Waals surface area contributed by atoms with Gasteiger partial charge in [0.15, 0.2) is 0 Å². The number of rotatable bonds is 8. The van der Waals surface area contributed by atoms with Gasteiger partial charge in [-0.3, -0.25) is 4.79 Å². The third-order valence-corrected chi connectivity index (χ3v) is 6.38. The molecule has 0 aliphatic carbocycles. The molecule has 3 aromatic rings. The predicted octanol–water partition coefficient (Wildman–Crippen LogP) is 5.98. The second-order valence-corrected chi connectivity index (χ2v) is 9.44. The second kappa shape index (κ2) is 11.1. The lowest BCUT2D eigenvalue weighted by molar-refractivity contribution is -0.133. The Hall–Kier alpha value is -3.19. The Kier molecular flexibility index (Phi) is 8.22. The van der Waals surface area contributed by atoms with Crippen LogP contribution in [-0.4, -0.2) is 34.3 Å². The highest BCUT2D eigenvalue weighted by molar-refractivity contribution is 7.09. The van der Waals surface area contributed by atoms with Gasteiger partial charge >= 0.3 is 6.03 Å². The van der Waals surface area contributed by atoms with Gasteiger partial charge in [0.25, 0.3) is 0 Å². The van der Waals surface area contributed by atoms with Crippen LogP contribution < -0.4 is 5.32 Å². The molecule has 0 spiro atoms. The number of amides is 3. The average Bonchev–Trinajstić information content (AvgIpc) is 3.28. The van der Waals surface area contributed by atoms with E-state index in [2.05, 4.69) is 5.32 Å². The standard InChI is InChI=1S/C26H30FN3O2S/c1-18(2)30(26(32)28-23-12-7-19(3)20(4)14-23)17-25(31)29(16-24-6-5-13-33-24)15-21-8-10-22(27)11-9-21/h5-14,18H,15-17H2,1-4H3,(H,28,32). The van der Waals surface area contributed by atoms with Gasteiger partial charge in [0, 0.05) is 23.2 Å². The SMILES string of the molecule is Cc1ccc(NC(=O)N(CC(=O)N(Cc2ccc(F)cc2)Cc2cccs2)C(C)C)cc1C. The Labute approximate surface area is 198 Å². The fourth-order valence-electron chi connectivity index (χ4n) is 3.38. The average molecular weight is 468 g/mol. The smallest absolute Gasteiger partial charge is 0.322 e. The lowest BCUT2D eigenvalue weighted by Crippen LogP contribution is -2.47. The summed E-state index contributed by atoms with van der Waals surface area (Å²) in [5, 5.41) is 4.88. The molecule has 0 atom stereocenters. The van der Waals surface area contributed by atoms with Crippen LogP contribution in [0.2, 0.25) is 0 Å². The molecule has 3 rings (SSSR count). The van der Waals surface area contributed by atoms with Crippen LogP contribution in [0.5, 0.6) is 0 Å². The van der Waals surface area contributed by atoms with Crippen LogP contribution in [0.15, 0.2) is 60.0 Å². The molecule has 0 saturated heterocycles. The number of nitrogens with zero attached hydrogens (tertiary/aromatic N) is 2. The Bertz CT molecular complexity index is 1080. The van der Waals surface area contributed by atoms with Crippen LogP contribution in [-0.2, 0) is 17.9 Å². The third-order valence-electron chi connectivity index (χ3n) is 5.51. The number of hydrogen-bond acceptors (Lipinski definition) is 3. The third kappa shape index (κ3) is 6.89. The summed E-state index contributed by atoms with van der Waals surface area (Å²) in [6.07, 6.45) is 0. The van der Waals surface area contributed by atoms with Crippen molar-refractivity contribution >= 4 is 29.0 Å². The molecule has 0 aliphatic rings. The minimum absolute atomic E-state index is 0.0546. The predicted molar refractivity (Wildman–Crippen MR) is 132 cm³/mol. The molecule has 1 heterocycles. The van der Waals surface area contributed by atoms with Crippen LogP contribution in [0.25, 0.3) is 0 Å². The van der Waals surface area contributed by atoms with Crippen molar-refractivity contribution in [3.05, 3.63) is 87.4 Å². The van der Waals surface area contributed by atoms with E-state index in [0.29, 0.717) is 18.8 Å². The van der Waals surface area contributed by atoms with E-state index in [-0.39, 0.29) is 30.3 Å². The minimum atomic E-state index is -0.320. The number of carbonyl (C=O) groups excluding carboxylic acids is 2. The van der Waals surface area contributed by atoms with Crippen molar-refractivity contribution in [3.8, 4) is 0 Å². The number of thiophene rings is 1. The molecule has 0 aliphatic heterocycles. The van der Waals surface area contributed by atoms with Crippen LogP contribution in [0, 0.1) is 19.7 Å². The number of hydrogen-bond donors (Lipinski definition) is 1. The van der Waals surface area contributed by atoms with Crippen molar-refractivity contribution < 1.29 is 14.0 Å². The summed E-state index contributed by atoms with van der Waals surface area (Å²) in [6.45, 7) is 8.49. The van der Waals surface area contributed by atoms with E-state index in [1.54, 1.807) is 28.4 Å². The molecule has 174 valence electrons. The van der Waals surface area contributed by atoms with E-state index >= 15 is 0 Å². The molecule has 1 N–H and O–H groups in total. The number of urea groups is 1. The van der Waals surface area contributed by atoms with Gasteiger partial charge < -0.3 is 15.1 Å². The molecule has 3 amide bonds. The fraction of sp³-hybridized carbons (Fsp3) is 0.308. The van der Waals surface area contributed by atoms with Crippen molar-refractivity contribution in [2.75, 3.05) is 11.9 Å². The molecular formula is C26H30FN3O2S. The molecule has 33 heavy (non-hydrogen) atoms. The molecule has 0 radical (unpaired) electrons. The van der Waals surface area contributed by atoms with Crippen molar-refractivity contribution in [3.63, 3.8) is 0 Å². The highest BCUT2D eigenvalue weighted by atomic mass is 32.1. The quantitative estimate of drug-likeness (QED) is 0.443. The first-order valence-corrected chi connectivity index (χ1v) is 11.8. The largest absolute Gasteiger partial charge is 0.332 e. The summed E-state index contributed by atoms with van der Waals surface area (Å²) < 4.78 is 13.3. The zero-order valence-corrected chi connectivity index (χ0v) is 20.3. The molecular weight excluding hydrogens is 437 g/mol. The van der Waals surface area contributed by atoms with Crippen LogP contribution in [0.4, 0.5) is 14.9 Å². The van der Waals surface area contributed by atoms with Crippen molar-refractivity contribution in [2.24, 2.45) is 0 Å².